The van der Waals surface area contributed by atoms with Crippen molar-refractivity contribution in [2.75, 3.05) is 7.11 Å². The minimum Gasteiger partial charge on any atom is -0.497 e. The standard InChI is InChI=1S/C17H15O3P/c1-20-14-9-11-15(12-10-14)21(18,19)17-8-4-6-13-5-2-3-7-16(13)17/h2-12H,1H3,(H,18,19). The number of hydrogen-bond acceptors (Lipinski definition) is 2. The molecule has 3 rings (SSSR count). The van der Waals surface area contributed by atoms with Crippen molar-refractivity contribution in [3.8, 4) is 5.75 Å². The Kier molecular flexibility index (Phi) is 3.54. The van der Waals surface area contributed by atoms with Crippen molar-refractivity contribution < 1.29 is 14.2 Å². The monoisotopic (exact) mass is 298 g/mol. The quantitative estimate of drug-likeness (QED) is 0.756. The molecule has 0 saturated heterocycles. The van der Waals surface area contributed by atoms with Crippen molar-refractivity contribution in [2.24, 2.45) is 0 Å². The second-order valence-electron chi connectivity index (χ2n) is 4.77. The van der Waals surface area contributed by atoms with Gasteiger partial charge in [-0.05, 0) is 41.1 Å². The molecule has 0 amide bonds. The highest BCUT2D eigenvalue weighted by Crippen LogP contribution is 2.40. The Morgan fingerprint density at radius 1 is 0.905 bits per heavy atom. The van der Waals surface area contributed by atoms with Crippen LogP contribution in [0.3, 0.4) is 0 Å². The maximum absolute atomic E-state index is 12.9. The first-order chi connectivity index (χ1) is 10.1. The van der Waals surface area contributed by atoms with Gasteiger partial charge in [0.05, 0.1) is 7.11 Å². The zero-order chi connectivity index (χ0) is 14.9. The van der Waals surface area contributed by atoms with Gasteiger partial charge in [0.2, 0.25) is 0 Å². The summed E-state index contributed by atoms with van der Waals surface area (Å²) >= 11 is 0. The zero-order valence-corrected chi connectivity index (χ0v) is 12.5. The van der Waals surface area contributed by atoms with Crippen molar-refractivity contribution in [1.29, 1.82) is 0 Å². The highest BCUT2D eigenvalue weighted by atomic mass is 31.2. The van der Waals surface area contributed by atoms with Gasteiger partial charge in [0.1, 0.15) is 5.75 Å². The van der Waals surface area contributed by atoms with Crippen LogP contribution in [-0.4, -0.2) is 12.0 Å². The van der Waals surface area contributed by atoms with Crippen molar-refractivity contribution in [3.63, 3.8) is 0 Å². The molecule has 0 aliphatic rings. The normalized spacial score (nSPS) is 13.8. The lowest BCUT2D eigenvalue weighted by Crippen LogP contribution is -2.16. The van der Waals surface area contributed by atoms with Gasteiger partial charge >= 0.3 is 0 Å². The summed E-state index contributed by atoms with van der Waals surface area (Å²) in [5.41, 5.74) is 0. The number of benzene rings is 3. The van der Waals surface area contributed by atoms with Crippen molar-refractivity contribution in [3.05, 3.63) is 66.7 Å². The van der Waals surface area contributed by atoms with Crippen LogP contribution >= 0.6 is 7.37 Å². The molecule has 21 heavy (non-hydrogen) atoms. The number of rotatable bonds is 3. The average molecular weight is 298 g/mol. The van der Waals surface area contributed by atoms with Gasteiger partial charge in [0.15, 0.2) is 0 Å². The fraction of sp³-hybridized carbons (Fsp3) is 0.0588. The van der Waals surface area contributed by atoms with Gasteiger partial charge in [0, 0.05) is 10.6 Å². The summed E-state index contributed by atoms with van der Waals surface area (Å²) in [4.78, 5) is 10.6. The highest BCUT2D eigenvalue weighted by Gasteiger charge is 2.26. The van der Waals surface area contributed by atoms with Crippen LogP contribution in [-0.2, 0) is 4.57 Å². The molecule has 1 unspecified atom stereocenters. The molecule has 0 aliphatic heterocycles. The largest absolute Gasteiger partial charge is 0.497 e. The molecular weight excluding hydrogens is 283 g/mol. The molecule has 0 heterocycles. The van der Waals surface area contributed by atoms with Crippen LogP contribution in [0.4, 0.5) is 0 Å². The Balaban J connectivity index is 2.17. The number of hydrogen-bond donors (Lipinski definition) is 1. The molecule has 0 radical (unpaired) electrons. The third-order valence-corrected chi connectivity index (χ3v) is 5.56. The predicted molar refractivity (Wildman–Crippen MR) is 86.0 cm³/mol. The Hall–Kier alpha value is -2.09. The Labute approximate surface area is 123 Å². The van der Waals surface area contributed by atoms with Crippen LogP contribution in [0.15, 0.2) is 66.7 Å². The molecule has 0 spiro atoms. The second kappa shape index (κ2) is 5.36. The first-order valence-electron chi connectivity index (χ1n) is 6.58. The van der Waals surface area contributed by atoms with Gasteiger partial charge in [-0.25, -0.2) is 0 Å². The number of ether oxygens (including phenoxy) is 1. The maximum atomic E-state index is 12.9. The molecule has 3 nitrogen and oxygen atoms in total. The van der Waals surface area contributed by atoms with Gasteiger partial charge in [-0.1, -0.05) is 36.4 Å². The van der Waals surface area contributed by atoms with E-state index in [1.165, 1.54) is 0 Å². The Morgan fingerprint density at radius 2 is 1.57 bits per heavy atom. The van der Waals surface area contributed by atoms with Gasteiger partial charge in [0.25, 0.3) is 7.37 Å². The van der Waals surface area contributed by atoms with E-state index >= 15 is 0 Å². The van der Waals surface area contributed by atoms with Crippen molar-refractivity contribution >= 4 is 28.8 Å². The molecule has 106 valence electrons. The fourth-order valence-electron chi connectivity index (χ4n) is 2.40. The summed E-state index contributed by atoms with van der Waals surface area (Å²) in [6.07, 6.45) is 0. The molecule has 1 atom stereocenters. The van der Waals surface area contributed by atoms with Crippen LogP contribution in [0, 0.1) is 0 Å². The van der Waals surface area contributed by atoms with Gasteiger partial charge in [-0.3, -0.25) is 4.57 Å². The Morgan fingerprint density at radius 3 is 2.29 bits per heavy atom. The third-order valence-electron chi connectivity index (χ3n) is 3.52. The van der Waals surface area contributed by atoms with Gasteiger partial charge in [-0.2, -0.15) is 0 Å². The van der Waals surface area contributed by atoms with Crippen LogP contribution in [0.5, 0.6) is 5.75 Å². The van der Waals surface area contributed by atoms with Crippen LogP contribution in [0.2, 0.25) is 0 Å². The SMILES string of the molecule is COc1ccc(P(=O)(O)c2cccc3ccccc23)cc1. The molecule has 0 saturated carbocycles. The predicted octanol–water partition coefficient (Wildman–Crippen LogP) is 3.07. The minimum atomic E-state index is -3.63. The lowest BCUT2D eigenvalue weighted by Gasteiger charge is -2.15. The smallest absolute Gasteiger partial charge is 0.259 e. The van der Waals surface area contributed by atoms with E-state index in [1.807, 2.05) is 36.4 Å². The lowest BCUT2D eigenvalue weighted by atomic mass is 10.1. The molecular formula is C17H15O3P. The van der Waals surface area contributed by atoms with Crippen molar-refractivity contribution in [1.82, 2.24) is 0 Å². The third kappa shape index (κ3) is 2.46. The summed E-state index contributed by atoms with van der Waals surface area (Å²) in [5.74, 6) is 0.664. The molecule has 3 aromatic rings. The van der Waals surface area contributed by atoms with Crippen LogP contribution in [0.25, 0.3) is 10.8 Å². The molecule has 0 fully saturated rings. The fourth-order valence-corrected chi connectivity index (χ4v) is 4.05. The van der Waals surface area contributed by atoms with Crippen LogP contribution in [0.1, 0.15) is 0 Å². The van der Waals surface area contributed by atoms with Gasteiger partial charge in [-0.15, -0.1) is 0 Å². The first-order valence-corrected chi connectivity index (χ1v) is 8.24. The molecule has 3 aromatic carbocycles. The van der Waals surface area contributed by atoms with Gasteiger partial charge < -0.3 is 9.63 Å². The lowest BCUT2D eigenvalue weighted by molar-refractivity contribution is 0.415. The molecule has 1 N–H and O–H groups in total. The molecule has 0 aliphatic carbocycles. The van der Waals surface area contributed by atoms with E-state index in [0.717, 1.165) is 10.8 Å². The molecule has 4 heteroatoms. The zero-order valence-electron chi connectivity index (χ0n) is 11.6. The van der Waals surface area contributed by atoms with Crippen LogP contribution < -0.4 is 15.3 Å². The van der Waals surface area contributed by atoms with E-state index < -0.39 is 7.37 Å². The summed E-state index contributed by atoms with van der Waals surface area (Å²) in [5, 5.41) is 2.63. The van der Waals surface area contributed by atoms with E-state index in [0.29, 0.717) is 16.4 Å². The Bertz CT molecular complexity index is 820. The summed E-state index contributed by atoms with van der Waals surface area (Å²) in [6.45, 7) is 0. The average Bonchev–Trinajstić information content (AvgIpc) is 2.54. The maximum Gasteiger partial charge on any atom is 0.259 e. The molecule has 0 bridgehead atoms. The first kappa shape index (κ1) is 13.9. The van der Waals surface area contributed by atoms with E-state index in [9.17, 15) is 9.46 Å². The second-order valence-corrected chi connectivity index (χ2v) is 6.92. The highest BCUT2D eigenvalue weighted by molar-refractivity contribution is 7.74. The molecule has 0 aromatic heterocycles. The van der Waals surface area contributed by atoms with E-state index in [2.05, 4.69) is 0 Å². The minimum absolute atomic E-state index is 0.402. The summed E-state index contributed by atoms with van der Waals surface area (Å²) < 4.78 is 18.0. The number of methoxy groups -OCH3 is 1. The van der Waals surface area contributed by atoms with Crippen molar-refractivity contribution in [2.45, 2.75) is 0 Å². The summed E-state index contributed by atoms with van der Waals surface area (Å²) in [6, 6.07) is 19.7. The van der Waals surface area contributed by atoms with E-state index in [1.54, 1.807) is 37.4 Å². The topological polar surface area (TPSA) is 46.5 Å². The van der Waals surface area contributed by atoms with E-state index in [-0.39, 0.29) is 0 Å². The van der Waals surface area contributed by atoms with E-state index in [4.69, 9.17) is 4.74 Å². The number of fused-ring (bicyclic) bond motifs is 1. The summed E-state index contributed by atoms with van der Waals surface area (Å²) in [7, 11) is -2.06.